The summed E-state index contributed by atoms with van der Waals surface area (Å²) in [6.45, 7) is 11.7. The van der Waals surface area contributed by atoms with E-state index in [0.29, 0.717) is 6.61 Å². The Morgan fingerprint density at radius 2 is 1.17 bits per heavy atom. The van der Waals surface area contributed by atoms with Gasteiger partial charge in [0, 0.05) is 5.92 Å². The van der Waals surface area contributed by atoms with E-state index in [-0.39, 0.29) is 17.1 Å². The van der Waals surface area contributed by atoms with Gasteiger partial charge in [-0.15, -0.1) is 0 Å². The highest BCUT2D eigenvalue weighted by atomic mass is 28.4. The monoisotopic (exact) mass is 488 g/mol. The molecule has 3 aromatic rings. The Hall–Kier alpha value is -2.24. The van der Waals surface area contributed by atoms with Gasteiger partial charge in [-0.1, -0.05) is 112 Å². The van der Waals surface area contributed by atoms with Crippen molar-refractivity contribution in [1.82, 2.24) is 0 Å². The Kier molecular flexibility index (Phi) is 7.67. The molecule has 3 atom stereocenters. The minimum Gasteiger partial charge on any atom is -0.411 e. The first kappa shape index (κ1) is 25.8. The number of rotatable bonds is 8. The first-order valence-corrected chi connectivity index (χ1v) is 15.7. The topological polar surface area (TPSA) is 38.7 Å². The molecule has 1 fully saturated rings. The summed E-state index contributed by atoms with van der Waals surface area (Å²) in [6.07, 6.45) is 1.12. The molecule has 1 N–H and O–H groups in total. The van der Waals surface area contributed by atoms with E-state index in [0.717, 1.165) is 29.5 Å². The van der Waals surface area contributed by atoms with E-state index in [1.165, 1.54) is 0 Å². The van der Waals surface area contributed by atoms with Crippen LogP contribution in [-0.2, 0) is 14.8 Å². The Morgan fingerprint density at radius 1 is 0.743 bits per heavy atom. The molecule has 3 nitrogen and oxygen atoms in total. The van der Waals surface area contributed by atoms with Crippen molar-refractivity contribution in [2.45, 2.75) is 69.6 Å². The smallest absolute Gasteiger partial charge is 0.192 e. The molecule has 0 heterocycles. The van der Waals surface area contributed by atoms with Crippen LogP contribution in [0, 0.1) is 5.92 Å². The summed E-state index contributed by atoms with van der Waals surface area (Å²) in [5.41, 5.74) is 2.49. The average molecular weight is 489 g/mol. The van der Waals surface area contributed by atoms with Crippen molar-refractivity contribution < 1.29 is 14.3 Å². The van der Waals surface area contributed by atoms with Crippen LogP contribution in [0.1, 0.15) is 50.3 Å². The van der Waals surface area contributed by atoms with Crippen molar-refractivity contribution in [2.24, 2.45) is 5.92 Å². The van der Waals surface area contributed by atoms with Gasteiger partial charge >= 0.3 is 0 Å². The van der Waals surface area contributed by atoms with Crippen LogP contribution in [0.4, 0.5) is 0 Å². The molecule has 4 rings (SSSR count). The maximum absolute atomic E-state index is 11.3. The van der Waals surface area contributed by atoms with E-state index >= 15 is 0 Å². The van der Waals surface area contributed by atoms with Crippen LogP contribution in [0.5, 0.6) is 0 Å². The lowest BCUT2D eigenvalue weighted by Gasteiger charge is -2.40. The molecule has 3 aromatic carbocycles. The van der Waals surface area contributed by atoms with Gasteiger partial charge in [0.1, 0.15) is 5.60 Å². The molecular weight excluding hydrogens is 448 g/mol. The second-order valence-electron chi connectivity index (χ2n) is 11.3. The maximum atomic E-state index is 11.3. The summed E-state index contributed by atoms with van der Waals surface area (Å²) < 4.78 is 13.6. The predicted molar refractivity (Wildman–Crippen MR) is 146 cm³/mol. The second-order valence-corrected chi connectivity index (χ2v) is 16.1. The molecule has 0 saturated heterocycles. The van der Waals surface area contributed by atoms with Gasteiger partial charge in [-0.25, -0.2) is 0 Å². The third-order valence-corrected chi connectivity index (χ3v) is 12.5. The van der Waals surface area contributed by atoms with Crippen LogP contribution in [0.3, 0.4) is 0 Å². The lowest BCUT2D eigenvalue weighted by Crippen LogP contribution is -2.46. The summed E-state index contributed by atoms with van der Waals surface area (Å²) in [6, 6.07) is 31.3. The normalized spacial score (nSPS) is 21.3. The Bertz CT molecular complexity index is 964. The van der Waals surface area contributed by atoms with Gasteiger partial charge < -0.3 is 14.3 Å². The zero-order valence-electron chi connectivity index (χ0n) is 21.8. The first-order chi connectivity index (χ1) is 16.6. The molecule has 0 radical (unpaired) electrons. The highest BCUT2D eigenvalue weighted by molar-refractivity contribution is 6.74. The van der Waals surface area contributed by atoms with E-state index < -0.39 is 20.0 Å². The summed E-state index contributed by atoms with van der Waals surface area (Å²) in [4.78, 5) is 0. The predicted octanol–water partition coefficient (Wildman–Crippen LogP) is 7.16. The third kappa shape index (κ3) is 5.31. The Balaban J connectivity index is 1.64. The number of hydrogen-bond donors (Lipinski definition) is 1. The van der Waals surface area contributed by atoms with Gasteiger partial charge in [-0.3, -0.25) is 0 Å². The molecule has 35 heavy (non-hydrogen) atoms. The van der Waals surface area contributed by atoms with E-state index in [4.69, 9.17) is 9.16 Å². The van der Waals surface area contributed by atoms with Gasteiger partial charge in [0.2, 0.25) is 0 Å². The molecule has 4 heteroatoms. The summed E-state index contributed by atoms with van der Waals surface area (Å²) in [7, 11) is -1.96. The number of benzene rings is 3. The number of aliphatic hydroxyl groups excluding tert-OH is 1. The first-order valence-electron chi connectivity index (χ1n) is 12.8. The highest BCUT2D eigenvalue weighted by Crippen LogP contribution is 2.43. The minimum atomic E-state index is -1.96. The van der Waals surface area contributed by atoms with Crippen LogP contribution in [0.15, 0.2) is 91.0 Å². The average Bonchev–Trinajstić information content (AvgIpc) is 3.19. The van der Waals surface area contributed by atoms with E-state index in [2.05, 4.69) is 107 Å². The van der Waals surface area contributed by atoms with Crippen LogP contribution in [0.25, 0.3) is 0 Å². The van der Waals surface area contributed by atoms with Gasteiger partial charge in [0.25, 0.3) is 0 Å². The SMILES string of the molecule is CC(C)(C)[Si](C)(C)O[C@H]1CC[C@H](COC(c2ccccc2)(c2ccccc2)c2ccccc2)[C@H]1O. The molecule has 0 aromatic heterocycles. The Labute approximate surface area is 212 Å². The molecule has 0 amide bonds. The zero-order valence-corrected chi connectivity index (χ0v) is 22.8. The van der Waals surface area contributed by atoms with E-state index in [1.54, 1.807) is 0 Å². The summed E-state index contributed by atoms with van der Waals surface area (Å²) in [5.74, 6) is 0.0280. The summed E-state index contributed by atoms with van der Waals surface area (Å²) >= 11 is 0. The van der Waals surface area contributed by atoms with Crippen LogP contribution >= 0.6 is 0 Å². The van der Waals surface area contributed by atoms with E-state index in [9.17, 15) is 5.11 Å². The molecule has 0 aliphatic heterocycles. The molecule has 0 bridgehead atoms. The van der Waals surface area contributed by atoms with Crippen molar-refractivity contribution in [1.29, 1.82) is 0 Å². The fourth-order valence-electron chi connectivity index (χ4n) is 4.89. The maximum Gasteiger partial charge on any atom is 0.192 e. The summed E-state index contributed by atoms with van der Waals surface area (Å²) in [5, 5.41) is 11.4. The van der Waals surface area contributed by atoms with Gasteiger partial charge in [-0.05, 0) is 47.7 Å². The standard InChI is InChI=1S/C31H40O3Si/c1-30(2,3)35(4,5)34-28-22-21-24(29(28)32)23-33-31(25-15-9-6-10-16-25,26-17-11-7-12-18-26)27-19-13-8-14-20-27/h6-20,24,28-29,32H,21-23H2,1-5H3/t24-,28+,29-/m1/s1. The molecule has 0 unspecified atom stereocenters. The van der Waals surface area contributed by atoms with Crippen molar-refractivity contribution in [3.8, 4) is 0 Å². The van der Waals surface area contributed by atoms with Crippen molar-refractivity contribution in [3.63, 3.8) is 0 Å². The van der Waals surface area contributed by atoms with Crippen LogP contribution in [0.2, 0.25) is 18.1 Å². The lowest BCUT2D eigenvalue weighted by molar-refractivity contribution is -0.0457. The highest BCUT2D eigenvalue weighted by Gasteiger charge is 2.45. The second kappa shape index (κ2) is 10.4. The van der Waals surface area contributed by atoms with Gasteiger partial charge in [0.15, 0.2) is 8.32 Å². The van der Waals surface area contributed by atoms with Crippen molar-refractivity contribution >= 4 is 8.32 Å². The minimum absolute atomic E-state index is 0.0280. The molecule has 1 saturated carbocycles. The Morgan fingerprint density at radius 3 is 1.57 bits per heavy atom. The molecule has 0 spiro atoms. The van der Waals surface area contributed by atoms with E-state index in [1.807, 2.05) is 18.2 Å². The zero-order chi connectivity index (χ0) is 25.1. The fraction of sp³-hybridized carbons (Fsp3) is 0.419. The van der Waals surface area contributed by atoms with Gasteiger partial charge in [-0.2, -0.15) is 0 Å². The molecule has 1 aliphatic carbocycles. The third-order valence-electron chi connectivity index (χ3n) is 7.99. The van der Waals surface area contributed by atoms with Crippen LogP contribution in [-0.4, -0.2) is 32.2 Å². The van der Waals surface area contributed by atoms with Gasteiger partial charge in [0.05, 0.1) is 18.8 Å². The largest absolute Gasteiger partial charge is 0.411 e. The van der Waals surface area contributed by atoms with Crippen molar-refractivity contribution in [2.75, 3.05) is 6.61 Å². The lowest BCUT2D eigenvalue weighted by atomic mass is 9.80. The quantitative estimate of drug-likeness (QED) is 0.270. The molecule has 1 aliphatic rings. The number of ether oxygens (including phenoxy) is 1. The van der Waals surface area contributed by atoms with Crippen molar-refractivity contribution in [3.05, 3.63) is 108 Å². The molecular formula is C31H40O3Si. The fourth-order valence-corrected chi connectivity index (χ4v) is 6.26. The molecule has 186 valence electrons. The number of hydrogen-bond acceptors (Lipinski definition) is 3. The van der Waals surface area contributed by atoms with Crippen LogP contribution < -0.4 is 0 Å². The number of aliphatic hydroxyl groups is 1.